The first-order chi connectivity index (χ1) is 13.2. The lowest BCUT2D eigenvalue weighted by atomic mass is 9.95. The van der Waals surface area contributed by atoms with Gasteiger partial charge in [0.05, 0.1) is 19.8 Å². The van der Waals surface area contributed by atoms with Gasteiger partial charge in [0, 0.05) is 47.9 Å². The fourth-order valence-corrected chi connectivity index (χ4v) is 5.44. The van der Waals surface area contributed by atoms with Crippen LogP contribution >= 0.6 is 11.8 Å². The number of aromatic nitrogens is 1. The molecule has 0 bridgehead atoms. The van der Waals surface area contributed by atoms with Gasteiger partial charge in [0.15, 0.2) is 0 Å². The summed E-state index contributed by atoms with van der Waals surface area (Å²) in [7, 11) is 0. The van der Waals surface area contributed by atoms with Crippen LogP contribution in [0.2, 0.25) is 0 Å². The number of ether oxygens (including phenoxy) is 2. The van der Waals surface area contributed by atoms with Gasteiger partial charge in [-0.05, 0) is 37.3 Å². The third kappa shape index (κ3) is 3.95. The topological polar surface area (TPSA) is 66.6 Å². The van der Waals surface area contributed by atoms with Crippen molar-refractivity contribution in [1.29, 1.82) is 0 Å². The summed E-state index contributed by atoms with van der Waals surface area (Å²) in [5.74, 6) is 2.99. The fraction of sp³-hybridized carbons (Fsp3) is 0.550. The Labute approximate surface area is 164 Å². The molecular formula is C20H27N3O3S. The Morgan fingerprint density at radius 2 is 2.22 bits per heavy atom. The number of carbonyl (C=O) groups excluding carboxylic acids is 1. The van der Waals surface area contributed by atoms with Gasteiger partial charge in [-0.1, -0.05) is 0 Å². The van der Waals surface area contributed by atoms with Crippen LogP contribution in [0.4, 0.5) is 0 Å². The van der Waals surface area contributed by atoms with Gasteiger partial charge in [0.1, 0.15) is 11.4 Å². The number of carbonyl (C=O) groups is 1. The summed E-state index contributed by atoms with van der Waals surface area (Å²) in [6, 6.07) is 7.77. The quantitative estimate of drug-likeness (QED) is 0.795. The number of nitrogens with one attached hydrogen (secondary N) is 2. The van der Waals surface area contributed by atoms with Gasteiger partial charge in [-0.3, -0.25) is 9.69 Å². The van der Waals surface area contributed by atoms with Crippen molar-refractivity contribution in [2.24, 2.45) is 0 Å². The lowest BCUT2D eigenvalue weighted by Crippen LogP contribution is -2.59. The Morgan fingerprint density at radius 3 is 2.96 bits per heavy atom. The van der Waals surface area contributed by atoms with Crippen LogP contribution in [0.1, 0.15) is 23.8 Å². The van der Waals surface area contributed by atoms with E-state index in [9.17, 15) is 4.79 Å². The molecule has 2 aliphatic heterocycles. The normalized spacial score (nSPS) is 23.6. The number of benzene rings is 1. The molecule has 7 heteroatoms. The molecule has 2 aliphatic rings. The second-order valence-electron chi connectivity index (χ2n) is 7.17. The minimum atomic E-state index is -0.0475. The van der Waals surface area contributed by atoms with Crippen LogP contribution in [0.15, 0.2) is 24.3 Å². The van der Waals surface area contributed by atoms with Crippen LogP contribution in [0.3, 0.4) is 0 Å². The zero-order valence-electron chi connectivity index (χ0n) is 15.8. The lowest BCUT2D eigenvalue weighted by Gasteiger charge is -2.43. The molecule has 6 nitrogen and oxygen atoms in total. The van der Waals surface area contributed by atoms with Crippen molar-refractivity contribution >= 4 is 28.6 Å². The highest BCUT2D eigenvalue weighted by atomic mass is 32.2. The Kier molecular flexibility index (Phi) is 5.61. The number of hydrogen-bond donors (Lipinski definition) is 2. The molecule has 0 saturated carbocycles. The summed E-state index contributed by atoms with van der Waals surface area (Å²) >= 11 is 1.98. The lowest BCUT2D eigenvalue weighted by molar-refractivity contribution is -0.0129. The van der Waals surface area contributed by atoms with Gasteiger partial charge < -0.3 is 19.8 Å². The predicted molar refractivity (Wildman–Crippen MR) is 109 cm³/mol. The summed E-state index contributed by atoms with van der Waals surface area (Å²) in [5, 5.41) is 4.20. The van der Waals surface area contributed by atoms with Crippen LogP contribution in [0, 0.1) is 0 Å². The summed E-state index contributed by atoms with van der Waals surface area (Å²) in [6.07, 6.45) is 1.11. The molecule has 2 N–H and O–H groups in total. The average molecular weight is 390 g/mol. The van der Waals surface area contributed by atoms with Crippen molar-refractivity contribution in [3.05, 3.63) is 30.0 Å². The molecule has 2 fully saturated rings. The van der Waals surface area contributed by atoms with E-state index < -0.39 is 0 Å². The Balaban J connectivity index is 1.45. The van der Waals surface area contributed by atoms with Crippen LogP contribution < -0.4 is 10.1 Å². The van der Waals surface area contributed by atoms with Crippen LogP contribution in [0.5, 0.6) is 5.75 Å². The number of hydrogen-bond acceptors (Lipinski definition) is 5. The summed E-state index contributed by atoms with van der Waals surface area (Å²) < 4.78 is 11.0. The SMILES string of the molecule is CCOc1ccc2cc(C(=O)NCC3(N4CCOCC4)CCSC3)[nH]c2c1. The van der Waals surface area contributed by atoms with E-state index in [1.54, 1.807) is 0 Å². The minimum Gasteiger partial charge on any atom is -0.494 e. The Morgan fingerprint density at radius 1 is 1.37 bits per heavy atom. The molecule has 0 radical (unpaired) electrons. The van der Waals surface area contributed by atoms with E-state index in [2.05, 4.69) is 15.2 Å². The largest absolute Gasteiger partial charge is 0.494 e. The van der Waals surface area contributed by atoms with Crippen molar-refractivity contribution in [2.75, 3.05) is 51.0 Å². The summed E-state index contributed by atoms with van der Waals surface area (Å²) in [5.41, 5.74) is 1.57. The number of nitrogens with zero attached hydrogens (tertiary/aromatic N) is 1. The monoisotopic (exact) mass is 389 g/mol. The van der Waals surface area contributed by atoms with Crippen molar-refractivity contribution in [2.45, 2.75) is 18.9 Å². The third-order valence-corrected chi connectivity index (χ3v) is 6.73. The molecule has 2 aromatic rings. The van der Waals surface area contributed by atoms with Crippen LogP contribution in [-0.4, -0.2) is 72.3 Å². The first kappa shape index (κ1) is 18.7. The predicted octanol–water partition coefficient (Wildman–Crippen LogP) is 2.50. The molecule has 0 spiro atoms. The number of amides is 1. The van der Waals surface area contributed by atoms with Gasteiger partial charge in [0.2, 0.25) is 0 Å². The standard InChI is InChI=1S/C20H27N3O3S/c1-2-26-16-4-3-15-11-18(22-17(15)12-16)19(24)21-13-20(5-10-27-14-20)23-6-8-25-9-7-23/h3-4,11-12,22H,2,5-10,13-14H2,1H3,(H,21,24). The molecule has 1 aromatic heterocycles. The van der Waals surface area contributed by atoms with Gasteiger partial charge in [-0.15, -0.1) is 0 Å². The number of morpholine rings is 1. The van der Waals surface area contributed by atoms with E-state index in [1.807, 2.05) is 43.0 Å². The molecule has 1 atom stereocenters. The number of rotatable bonds is 6. The first-order valence-corrected chi connectivity index (χ1v) is 10.8. The maximum Gasteiger partial charge on any atom is 0.267 e. The summed E-state index contributed by atoms with van der Waals surface area (Å²) in [4.78, 5) is 18.5. The second-order valence-corrected chi connectivity index (χ2v) is 8.28. The highest BCUT2D eigenvalue weighted by molar-refractivity contribution is 7.99. The van der Waals surface area contributed by atoms with E-state index in [1.165, 1.54) is 0 Å². The van der Waals surface area contributed by atoms with E-state index in [0.29, 0.717) is 18.8 Å². The van der Waals surface area contributed by atoms with Gasteiger partial charge in [-0.2, -0.15) is 11.8 Å². The zero-order valence-corrected chi connectivity index (χ0v) is 16.6. The first-order valence-electron chi connectivity index (χ1n) is 9.64. The van der Waals surface area contributed by atoms with Gasteiger partial charge in [-0.25, -0.2) is 0 Å². The molecule has 3 heterocycles. The van der Waals surface area contributed by atoms with E-state index in [0.717, 1.165) is 60.9 Å². The molecule has 0 aliphatic carbocycles. The smallest absolute Gasteiger partial charge is 0.267 e. The number of H-pyrrole nitrogens is 1. The summed E-state index contributed by atoms with van der Waals surface area (Å²) in [6.45, 7) is 6.73. The maximum absolute atomic E-state index is 12.8. The number of thioether (sulfide) groups is 1. The highest BCUT2D eigenvalue weighted by Gasteiger charge is 2.40. The van der Waals surface area contributed by atoms with Gasteiger partial charge >= 0.3 is 0 Å². The van der Waals surface area contributed by atoms with Crippen molar-refractivity contribution in [3.63, 3.8) is 0 Å². The molecule has 1 unspecified atom stereocenters. The molecule has 2 saturated heterocycles. The maximum atomic E-state index is 12.8. The average Bonchev–Trinajstić information content (AvgIpc) is 3.35. The second kappa shape index (κ2) is 8.12. The number of fused-ring (bicyclic) bond motifs is 1. The Hall–Kier alpha value is -1.70. The van der Waals surface area contributed by atoms with E-state index in [-0.39, 0.29) is 11.4 Å². The van der Waals surface area contributed by atoms with Crippen LogP contribution in [0.25, 0.3) is 10.9 Å². The Bertz CT molecular complexity index is 795. The molecule has 146 valence electrons. The van der Waals surface area contributed by atoms with E-state index in [4.69, 9.17) is 9.47 Å². The van der Waals surface area contributed by atoms with Crippen molar-refractivity contribution in [1.82, 2.24) is 15.2 Å². The molecular weight excluding hydrogens is 362 g/mol. The zero-order chi connectivity index (χ0) is 18.7. The molecule has 27 heavy (non-hydrogen) atoms. The molecule has 4 rings (SSSR count). The third-order valence-electron chi connectivity index (χ3n) is 5.49. The molecule has 1 aromatic carbocycles. The highest BCUT2D eigenvalue weighted by Crippen LogP contribution is 2.33. The molecule has 1 amide bonds. The van der Waals surface area contributed by atoms with E-state index >= 15 is 0 Å². The number of aromatic amines is 1. The van der Waals surface area contributed by atoms with Crippen LogP contribution in [-0.2, 0) is 4.74 Å². The van der Waals surface area contributed by atoms with Crippen molar-refractivity contribution in [3.8, 4) is 5.75 Å². The minimum absolute atomic E-state index is 0.0475. The fourth-order valence-electron chi connectivity index (χ4n) is 3.96. The van der Waals surface area contributed by atoms with Gasteiger partial charge in [0.25, 0.3) is 5.91 Å². The van der Waals surface area contributed by atoms with Crippen molar-refractivity contribution < 1.29 is 14.3 Å².